The molecule has 12 heteroatoms. The predicted octanol–water partition coefficient (Wildman–Crippen LogP) is 7.04. The van der Waals surface area contributed by atoms with Gasteiger partial charge in [0.05, 0.1) is 24.9 Å². The smallest absolute Gasteiger partial charge is 0.293 e. The average molecular weight is 784 g/mol. The van der Waals surface area contributed by atoms with Gasteiger partial charge in [-0.2, -0.15) is 5.10 Å². The highest BCUT2D eigenvalue weighted by molar-refractivity contribution is 5.96. The third-order valence-electron chi connectivity index (χ3n) is 10.8. The number of benzene rings is 3. The fourth-order valence-electron chi connectivity index (χ4n) is 7.85. The molecule has 0 bridgehead atoms. The van der Waals surface area contributed by atoms with Crippen LogP contribution in [0.3, 0.4) is 0 Å². The topological polar surface area (TPSA) is 134 Å². The first kappa shape index (κ1) is 43.1. The average Bonchev–Trinajstić information content (AvgIpc) is 3.44. The van der Waals surface area contributed by atoms with Crippen molar-refractivity contribution in [3.8, 4) is 28.1 Å². The molecule has 306 valence electrons. The van der Waals surface area contributed by atoms with E-state index < -0.39 is 35.0 Å². The number of methoxy groups -OCH3 is 1. The van der Waals surface area contributed by atoms with E-state index in [2.05, 4.69) is 59.4 Å². The van der Waals surface area contributed by atoms with E-state index in [4.69, 9.17) is 9.47 Å². The van der Waals surface area contributed by atoms with E-state index in [1.165, 1.54) is 6.07 Å². The Morgan fingerprint density at radius 3 is 2.42 bits per heavy atom. The Bertz CT molecular complexity index is 2090. The lowest BCUT2D eigenvalue weighted by Crippen LogP contribution is -2.54. The van der Waals surface area contributed by atoms with Crippen molar-refractivity contribution in [2.45, 2.75) is 91.8 Å². The lowest BCUT2D eigenvalue weighted by molar-refractivity contribution is -0.132. The van der Waals surface area contributed by atoms with Gasteiger partial charge in [0.2, 0.25) is 5.91 Å². The van der Waals surface area contributed by atoms with Gasteiger partial charge in [0.1, 0.15) is 6.04 Å². The van der Waals surface area contributed by atoms with Crippen LogP contribution in [0.2, 0.25) is 0 Å². The molecular weight excluding hydrogens is 726 g/mol. The first-order chi connectivity index (χ1) is 27.2. The van der Waals surface area contributed by atoms with Crippen LogP contribution in [0.1, 0.15) is 70.6 Å². The number of hydrogen-bond acceptors (Lipinski definition) is 8. The molecule has 0 aliphatic heterocycles. The number of carbonyl (C=O) groups excluding carboxylic acids is 3. The van der Waals surface area contributed by atoms with Gasteiger partial charge in [-0.3, -0.25) is 19.3 Å². The molecule has 3 N–H and O–H groups in total. The van der Waals surface area contributed by atoms with Crippen LogP contribution >= 0.6 is 0 Å². The first-order valence-electron chi connectivity index (χ1n) is 19.8. The number of hydrazone groups is 1. The molecule has 1 aliphatic rings. The molecule has 5 rings (SSSR count). The molecular formula is C45H58FN5O6. The summed E-state index contributed by atoms with van der Waals surface area (Å²) in [6.45, 7) is 12.0. The van der Waals surface area contributed by atoms with Gasteiger partial charge in [0.25, 0.3) is 12.4 Å². The minimum atomic E-state index is -1.17. The van der Waals surface area contributed by atoms with Crippen LogP contribution in [-0.2, 0) is 49.7 Å². The number of amides is 2. The number of carbonyl (C=O) groups is 3. The summed E-state index contributed by atoms with van der Waals surface area (Å²) in [6, 6.07) is 15.6. The molecule has 4 aromatic rings. The number of fused-ring (bicyclic) bond motifs is 1. The lowest BCUT2D eigenvalue weighted by atomic mass is 9.83. The molecule has 2 amide bonds. The number of aromatic hydroxyl groups is 1. The van der Waals surface area contributed by atoms with Gasteiger partial charge in [-0.1, -0.05) is 58.0 Å². The molecule has 0 radical (unpaired) electrons. The molecule has 1 heterocycles. The molecule has 1 aliphatic carbocycles. The Morgan fingerprint density at radius 2 is 1.79 bits per heavy atom. The summed E-state index contributed by atoms with van der Waals surface area (Å²) in [6.07, 6.45) is 3.65. The number of rotatable bonds is 19. The molecule has 2 unspecified atom stereocenters. The van der Waals surface area contributed by atoms with Crippen molar-refractivity contribution in [3.63, 3.8) is 0 Å². The maximum Gasteiger partial charge on any atom is 0.293 e. The number of halogens is 1. The highest BCUT2D eigenvalue weighted by atomic mass is 19.1. The van der Waals surface area contributed by atoms with Crippen molar-refractivity contribution in [3.05, 3.63) is 77.1 Å². The van der Waals surface area contributed by atoms with Crippen LogP contribution in [0.15, 0.2) is 59.7 Å². The van der Waals surface area contributed by atoms with Crippen LogP contribution in [0.4, 0.5) is 4.39 Å². The number of likely N-dealkylation sites (N-methyl/N-ethyl adjacent to an activating group) is 1. The lowest BCUT2D eigenvalue weighted by Gasteiger charge is -2.29. The fourth-order valence-corrected chi connectivity index (χ4v) is 7.85. The van der Waals surface area contributed by atoms with Gasteiger partial charge in [0.15, 0.2) is 11.6 Å². The van der Waals surface area contributed by atoms with Crippen molar-refractivity contribution in [2.24, 2.45) is 16.4 Å². The Labute approximate surface area is 335 Å². The van der Waals surface area contributed by atoms with Crippen molar-refractivity contribution in [1.82, 2.24) is 20.2 Å². The molecule has 2 atom stereocenters. The third kappa shape index (κ3) is 10.1. The maximum absolute atomic E-state index is 15.9. The molecule has 1 fully saturated rings. The standard InChI is InChI=1S/C45H58FN5O6/c1-9-51-38-18-17-30(22-35(38)36(25-45(4,5)26-57-27-52)42(51)34-16-11-10-13-29(34)19-20-56-8)31-21-32(40(46)39(53)24-31)23-37(43(54)49-48-33-14-12-15-33)47-44(55)41(28(2)3)50(6)7/h10-11,13,16-18,21-22,24,27-28,37,41,53H,9,12,14-15,19-20,23,25-26H2,1-8H3,(H,47,55)(H,49,54). The van der Waals surface area contributed by atoms with Crippen molar-refractivity contribution in [1.29, 1.82) is 0 Å². The second kappa shape index (κ2) is 18.9. The minimum absolute atomic E-state index is 0.0621. The number of nitrogens with zero attached hydrogens (tertiary/aromatic N) is 3. The van der Waals surface area contributed by atoms with E-state index in [1.54, 1.807) is 32.2 Å². The van der Waals surface area contributed by atoms with Gasteiger partial charge >= 0.3 is 0 Å². The van der Waals surface area contributed by atoms with E-state index >= 15 is 4.39 Å². The Morgan fingerprint density at radius 1 is 1.05 bits per heavy atom. The Kier molecular flexibility index (Phi) is 14.3. The maximum atomic E-state index is 15.9. The number of hydrogen-bond donors (Lipinski definition) is 3. The summed E-state index contributed by atoms with van der Waals surface area (Å²) in [5, 5.41) is 19.1. The van der Waals surface area contributed by atoms with E-state index in [9.17, 15) is 19.5 Å². The highest BCUT2D eigenvalue weighted by Crippen LogP contribution is 2.41. The van der Waals surface area contributed by atoms with E-state index in [0.29, 0.717) is 31.6 Å². The van der Waals surface area contributed by atoms with Gasteiger partial charge in [0, 0.05) is 47.7 Å². The second-order valence-corrected chi connectivity index (χ2v) is 16.3. The number of nitrogens with one attached hydrogen (secondary N) is 2. The summed E-state index contributed by atoms with van der Waals surface area (Å²) >= 11 is 0. The van der Waals surface area contributed by atoms with E-state index in [0.717, 1.165) is 70.2 Å². The summed E-state index contributed by atoms with van der Waals surface area (Å²) in [5.41, 5.74) is 9.71. The van der Waals surface area contributed by atoms with Crippen LogP contribution in [0.5, 0.6) is 5.75 Å². The molecule has 1 saturated carbocycles. The van der Waals surface area contributed by atoms with Gasteiger partial charge < -0.3 is 24.5 Å². The molecule has 11 nitrogen and oxygen atoms in total. The number of ether oxygens (including phenoxy) is 2. The number of aromatic nitrogens is 1. The largest absolute Gasteiger partial charge is 0.505 e. The Balaban J connectivity index is 1.62. The van der Waals surface area contributed by atoms with Gasteiger partial charge in [-0.25, -0.2) is 9.82 Å². The zero-order chi connectivity index (χ0) is 41.4. The SMILES string of the molecule is CCn1c(-c2ccccc2CCOC)c(CC(C)(C)COC=O)c2cc(-c3cc(O)c(F)c(CC(NC(=O)C(C(C)C)N(C)C)C(=O)NN=C4CCC4)c3)ccc21. The zero-order valence-corrected chi connectivity index (χ0v) is 34.6. The van der Waals surface area contributed by atoms with Crippen LogP contribution in [-0.4, -0.2) is 85.1 Å². The predicted molar refractivity (Wildman–Crippen MR) is 223 cm³/mol. The minimum Gasteiger partial charge on any atom is -0.505 e. The Hall–Kier alpha value is -5.07. The molecule has 3 aromatic carbocycles. The summed E-state index contributed by atoms with van der Waals surface area (Å²) in [4.78, 5) is 40.2. The second-order valence-electron chi connectivity index (χ2n) is 16.3. The molecule has 57 heavy (non-hydrogen) atoms. The fraction of sp³-hybridized carbons (Fsp3) is 0.467. The normalized spacial score (nSPS) is 14.1. The summed E-state index contributed by atoms with van der Waals surface area (Å²) < 4.78 is 28.9. The zero-order valence-electron chi connectivity index (χ0n) is 34.6. The van der Waals surface area contributed by atoms with Crippen LogP contribution < -0.4 is 10.7 Å². The van der Waals surface area contributed by atoms with E-state index in [1.807, 2.05) is 38.1 Å². The summed E-state index contributed by atoms with van der Waals surface area (Å²) in [7, 11) is 5.28. The molecule has 0 spiro atoms. The van der Waals surface area contributed by atoms with Crippen molar-refractivity contribution in [2.75, 3.05) is 34.4 Å². The number of phenols is 1. The van der Waals surface area contributed by atoms with Crippen LogP contribution in [0.25, 0.3) is 33.3 Å². The highest BCUT2D eigenvalue weighted by Gasteiger charge is 2.31. The monoisotopic (exact) mass is 783 g/mol. The van der Waals surface area contributed by atoms with Gasteiger partial charge in [-0.05, 0) is 111 Å². The summed E-state index contributed by atoms with van der Waals surface area (Å²) in [5.74, 6) is -2.43. The third-order valence-corrected chi connectivity index (χ3v) is 10.8. The van der Waals surface area contributed by atoms with Crippen LogP contribution in [0, 0.1) is 17.2 Å². The van der Waals surface area contributed by atoms with E-state index in [-0.39, 0.29) is 30.4 Å². The van der Waals surface area contributed by atoms with Crippen molar-refractivity contribution < 1.29 is 33.4 Å². The first-order valence-corrected chi connectivity index (χ1v) is 19.8. The quantitative estimate of drug-likeness (QED) is 0.0687. The molecule has 0 saturated heterocycles. The number of phenolic OH excluding ortho intramolecular Hbond substituents is 1. The number of aryl methyl sites for hydroxylation is 1. The van der Waals surface area contributed by atoms with Gasteiger partial charge in [-0.15, -0.1) is 0 Å². The molecule has 1 aromatic heterocycles. The van der Waals surface area contributed by atoms with Crippen molar-refractivity contribution >= 4 is 34.9 Å².